The van der Waals surface area contributed by atoms with Crippen molar-refractivity contribution in [3.8, 4) is 0 Å². The van der Waals surface area contributed by atoms with E-state index in [9.17, 15) is 21.6 Å². The maximum atomic E-state index is 11.6. The van der Waals surface area contributed by atoms with Crippen molar-refractivity contribution in [3.63, 3.8) is 0 Å². The molecule has 0 spiro atoms. The summed E-state index contributed by atoms with van der Waals surface area (Å²) in [7, 11) is -8.79. The van der Waals surface area contributed by atoms with Crippen LogP contribution in [0.3, 0.4) is 0 Å². The molecule has 0 saturated carbocycles. The molecule has 0 heterocycles. The summed E-state index contributed by atoms with van der Waals surface area (Å²) in [4.78, 5) is 10.1. The number of sulfonamides is 2. The van der Waals surface area contributed by atoms with Crippen LogP contribution in [0.5, 0.6) is 0 Å². The molecule has 0 radical (unpaired) electrons. The lowest BCUT2D eigenvalue weighted by molar-refractivity contribution is -0.116. The molecule has 0 aliphatic rings. The number of nitrogens with two attached hydrogens (primary N) is 3. The average Bonchev–Trinajstić information content (AvgIpc) is 2.32. The Morgan fingerprint density at radius 3 is 1.95 bits per heavy atom. The first-order valence-electron chi connectivity index (χ1n) is 5.47. The Hall–Kier alpha value is -0.950. The Kier molecular flexibility index (Phi) is 5.78. The summed E-state index contributed by atoms with van der Waals surface area (Å²) in [6, 6.07) is 0.622. The molecule has 0 fully saturated rings. The molecule has 0 aliphatic heterocycles. The second-order valence-electron chi connectivity index (χ2n) is 4.05. The average molecular weight is 391 g/mol. The lowest BCUT2D eigenvalue weighted by Gasteiger charge is -2.15. The Bertz CT molecular complexity index is 823. The summed E-state index contributed by atoms with van der Waals surface area (Å²) in [6.07, 6.45) is -0.130. The van der Waals surface area contributed by atoms with Gasteiger partial charge < -0.3 is 11.1 Å². The number of carbonyl (C=O) groups excluding carboxylic acids is 1. The number of hydrogen-bond donors (Lipinski definition) is 4. The first-order valence-corrected chi connectivity index (χ1v) is 9.32. The van der Waals surface area contributed by atoms with Crippen LogP contribution in [-0.4, -0.2) is 29.3 Å². The second-order valence-corrected chi connectivity index (χ2v) is 7.87. The smallest absolute Gasteiger partial charge is 0.240 e. The SMILES string of the molecule is NCCC(=O)Nc1c(S(N)(=O)=O)cc(S(N)(=O)=O)c(Cl)c1Cl. The highest BCUT2D eigenvalue weighted by Gasteiger charge is 2.27. The number of benzene rings is 1. The van der Waals surface area contributed by atoms with Gasteiger partial charge in [-0.05, 0) is 6.07 Å². The van der Waals surface area contributed by atoms with Gasteiger partial charge >= 0.3 is 0 Å². The van der Waals surface area contributed by atoms with Crippen molar-refractivity contribution >= 4 is 54.8 Å². The van der Waals surface area contributed by atoms with Crippen LogP contribution in [-0.2, 0) is 24.8 Å². The molecule has 1 aromatic carbocycles. The van der Waals surface area contributed by atoms with Gasteiger partial charge in [0.2, 0.25) is 26.0 Å². The van der Waals surface area contributed by atoms with Crippen molar-refractivity contribution in [2.24, 2.45) is 16.0 Å². The molecule has 0 atom stereocenters. The van der Waals surface area contributed by atoms with Gasteiger partial charge in [0, 0.05) is 13.0 Å². The van der Waals surface area contributed by atoms with Crippen molar-refractivity contribution in [1.82, 2.24) is 0 Å². The van der Waals surface area contributed by atoms with Crippen molar-refractivity contribution in [3.05, 3.63) is 16.1 Å². The van der Waals surface area contributed by atoms with E-state index < -0.39 is 51.5 Å². The number of carbonyl (C=O) groups is 1. The number of primary sulfonamides is 2. The molecule has 1 aromatic rings. The normalized spacial score (nSPS) is 12.2. The van der Waals surface area contributed by atoms with Gasteiger partial charge in [0.05, 0.1) is 15.7 Å². The molecule has 22 heavy (non-hydrogen) atoms. The number of amides is 1. The van der Waals surface area contributed by atoms with Crippen LogP contribution < -0.4 is 21.3 Å². The van der Waals surface area contributed by atoms with E-state index in [0.717, 1.165) is 0 Å². The zero-order valence-electron chi connectivity index (χ0n) is 10.8. The van der Waals surface area contributed by atoms with E-state index in [4.69, 9.17) is 39.2 Å². The number of anilines is 1. The standard InChI is InChI=1S/C9H12Cl2N4O5S2/c10-7-4(21(13,17)18)3-5(22(14,19)20)9(8(7)11)15-6(16)1-2-12/h3H,1-2,12H2,(H,15,16)(H2,13,17,18)(H2,14,19,20). The molecule has 0 unspecified atom stereocenters. The highest BCUT2D eigenvalue weighted by atomic mass is 35.5. The topological polar surface area (TPSA) is 175 Å². The van der Waals surface area contributed by atoms with Crippen LogP contribution in [0, 0.1) is 0 Å². The monoisotopic (exact) mass is 390 g/mol. The third-order valence-corrected chi connectivity index (χ3v) is 5.24. The Morgan fingerprint density at radius 1 is 1.05 bits per heavy atom. The van der Waals surface area contributed by atoms with Crippen LogP contribution in [0.1, 0.15) is 6.42 Å². The molecule has 9 nitrogen and oxygen atoms in total. The highest BCUT2D eigenvalue weighted by molar-refractivity contribution is 7.90. The number of hydrogen-bond acceptors (Lipinski definition) is 6. The van der Waals surface area contributed by atoms with Crippen molar-refractivity contribution < 1.29 is 21.6 Å². The molecule has 7 N–H and O–H groups in total. The molecule has 1 amide bonds. The molecular formula is C9H12Cl2N4O5S2. The lowest BCUT2D eigenvalue weighted by Crippen LogP contribution is -2.22. The van der Waals surface area contributed by atoms with Crippen molar-refractivity contribution in [2.45, 2.75) is 16.2 Å². The van der Waals surface area contributed by atoms with E-state index in [2.05, 4.69) is 5.32 Å². The molecule has 0 bridgehead atoms. The third kappa shape index (κ3) is 4.29. The number of rotatable bonds is 5. The van der Waals surface area contributed by atoms with Gasteiger partial charge in [0.25, 0.3) is 0 Å². The van der Waals surface area contributed by atoms with E-state index in [1.807, 2.05) is 0 Å². The number of halogens is 2. The Morgan fingerprint density at radius 2 is 1.55 bits per heavy atom. The largest absolute Gasteiger partial charge is 0.330 e. The molecule has 0 aliphatic carbocycles. The zero-order valence-corrected chi connectivity index (χ0v) is 14.0. The van der Waals surface area contributed by atoms with E-state index in [-0.39, 0.29) is 13.0 Å². The van der Waals surface area contributed by atoms with Crippen LogP contribution >= 0.6 is 23.2 Å². The van der Waals surface area contributed by atoms with Gasteiger partial charge in [-0.3, -0.25) is 4.79 Å². The van der Waals surface area contributed by atoms with Gasteiger partial charge in [-0.1, -0.05) is 23.2 Å². The quantitative estimate of drug-likeness (QED) is 0.530. The molecule has 0 aromatic heterocycles. The predicted molar refractivity (Wildman–Crippen MR) is 81.5 cm³/mol. The molecule has 124 valence electrons. The summed E-state index contributed by atoms with van der Waals surface area (Å²) in [5.41, 5.74) is 4.75. The predicted octanol–water partition coefficient (Wildman–Crippen LogP) is -0.425. The maximum Gasteiger partial charge on any atom is 0.240 e. The second kappa shape index (κ2) is 6.66. The molecule has 13 heteroatoms. The van der Waals surface area contributed by atoms with Gasteiger partial charge in [0.1, 0.15) is 9.79 Å². The zero-order chi connectivity index (χ0) is 17.3. The van der Waals surface area contributed by atoms with Gasteiger partial charge in [-0.15, -0.1) is 0 Å². The highest BCUT2D eigenvalue weighted by Crippen LogP contribution is 2.39. The summed E-state index contributed by atoms with van der Waals surface area (Å²) in [6.45, 7) is -0.00282. The lowest BCUT2D eigenvalue weighted by atomic mass is 10.3. The van der Waals surface area contributed by atoms with E-state index in [0.29, 0.717) is 6.07 Å². The minimum atomic E-state index is -4.43. The van der Waals surface area contributed by atoms with Crippen LogP contribution in [0.15, 0.2) is 15.9 Å². The van der Waals surface area contributed by atoms with Gasteiger partial charge in [-0.25, -0.2) is 27.1 Å². The van der Waals surface area contributed by atoms with E-state index >= 15 is 0 Å². The summed E-state index contributed by atoms with van der Waals surface area (Å²) < 4.78 is 46.0. The maximum absolute atomic E-state index is 11.6. The first kappa shape index (κ1) is 19.1. The molecular weight excluding hydrogens is 379 g/mol. The fourth-order valence-electron chi connectivity index (χ4n) is 1.46. The fraction of sp³-hybridized carbons (Fsp3) is 0.222. The van der Waals surface area contributed by atoms with Crippen LogP contribution in [0.2, 0.25) is 10.0 Å². The minimum absolute atomic E-state index is 0.00282. The number of nitrogens with one attached hydrogen (secondary N) is 1. The van der Waals surface area contributed by atoms with Crippen molar-refractivity contribution in [2.75, 3.05) is 11.9 Å². The van der Waals surface area contributed by atoms with Gasteiger partial charge in [0.15, 0.2) is 0 Å². The summed E-state index contributed by atoms with van der Waals surface area (Å²) >= 11 is 11.6. The minimum Gasteiger partial charge on any atom is -0.330 e. The van der Waals surface area contributed by atoms with Crippen molar-refractivity contribution in [1.29, 1.82) is 0 Å². The van der Waals surface area contributed by atoms with E-state index in [1.54, 1.807) is 0 Å². The molecule has 1 rings (SSSR count). The third-order valence-electron chi connectivity index (χ3n) is 2.39. The molecule has 0 saturated heterocycles. The van der Waals surface area contributed by atoms with Gasteiger partial charge in [-0.2, -0.15) is 0 Å². The fourth-order valence-corrected chi connectivity index (χ4v) is 3.72. The first-order chi connectivity index (χ1) is 9.89. The van der Waals surface area contributed by atoms with Crippen LogP contribution in [0.4, 0.5) is 5.69 Å². The Labute approximate surface area is 136 Å². The summed E-state index contributed by atoms with van der Waals surface area (Å²) in [5, 5.41) is 11.0. The summed E-state index contributed by atoms with van der Waals surface area (Å²) in [5.74, 6) is -0.659. The Balaban J connectivity index is 3.70. The van der Waals surface area contributed by atoms with E-state index in [1.165, 1.54) is 0 Å². The van der Waals surface area contributed by atoms with Crippen LogP contribution in [0.25, 0.3) is 0 Å².